The molecule has 6 aliphatic rings. The molecule has 5 aliphatic carbocycles. The molecule has 1 spiro atoms. The van der Waals surface area contributed by atoms with E-state index in [0.717, 1.165) is 25.2 Å². The third-order valence-corrected chi connectivity index (χ3v) is 9.76. The van der Waals surface area contributed by atoms with Gasteiger partial charge < -0.3 is 4.74 Å². The van der Waals surface area contributed by atoms with Crippen LogP contribution in [0.1, 0.15) is 58.3 Å². The number of rotatable bonds is 1. The molecule has 6 unspecified atom stereocenters. The second kappa shape index (κ2) is 5.15. The van der Waals surface area contributed by atoms with Gasteiger partial charge in [-0.1, -0.05) is 24.6 Å². The Kier molecular flexibility index (Phi) is 3.16. The molecule has 6 rings (SSSR count). The summed E-state index contributed by atoms with van der Waals surface area (Å²) < 4.78 is 6.18. The third-order valence-electron chi connectivity index (χ3n) is 9.76. The fourth-order valence-corrected chi connectivity index (χ4v) is 8.79. The summed E-state index contributed by atoms with van der Waals surface area (Å²) in [6.45, 7) is 6.64. The molecular formula is C24H30O3. The van der Waals surface area contributed by atoms with E-state index in [-0.39, 0.29) is 17.0 Å². The van der Waals surface area contributed by atoms with Gasteiger partial charge in [-0.15, -0.1) is 6.58 Å². The second-order valence-corrected chi connectivity index (χ2v) is 10.5. The molecule has 0 bridgehead atoms. The molecule has 0 amide bonds. The molecule has 0 radical (unpaired) electrons. The molecule has 5 fully saturated rings. The van der Waals surface area contributed by atoms with Gasteiger partial charge in [-0.25, -0.2) is 0 Å². The number of allylic oxidation sites excluding steroid dienone is 3. The van der Waals surface area contributed by atoms with E-state index < -0.39 is 0 Å². The first-order valence-electron chi connectivity index (χ1n) is 11.1. The molecule has 4 saturated carbocycles. The lowest BCUT2D eigenvalue weighted by molar-refractivity contribution is -0.174. The third kappa shape index (κ3) is 1.89. The van der Waals surface area contributed by atoms with Crippen molar-refractivity contribution in [1.82, 2.24) is 0 Å². The molecule has 3 nitrogen and oxygen atoms in total. The van der Waals surface area contributed by atoms with Crippen molar-refractivity contribution in [3.63, 3.8) is 0 Å². The highest BCUT2D eigenvalue weighted by Crippen LogP contribution is 2.78. The summed E-state index contributed by atoms with van der Waals surface area (Å²) in [5.74, 6) is 4.72. The van der Waals surface area contributed by atoms with E-state index in [9.17, 15) is 9.59 Å². The number of Topliss-reactive ketones (excluding diaryl/α,β-unsaturated/α-hetero) is 1. The van der Waals surface area contributed by atoms with Gasteiger partial charge in [0.25, 0.3) is 0 Å². The van der Waals surface area contributed by atoms with Crippen LogP contribution >= 0.6 is 0 Å². The van der Waals surface area contributed by atoms with Crippen LogP contribution in [-0.4, -0.2) is 17.4 Å². The van der Waals surface area contributed by atoms with E-state index >= 15 is 0 Å². The molecule has 0 aromatic rings. The van der Waals surface area contributed by atoms with Gasteiger partial charge in [-0.2, -0.15) is 0 Å². The Balaban J connectivity index is 1.43. The normalized spacial score (nSPS) is 55.1. The average molecular weight is 367 g/mol. The Morgan fingerprint density at radius 3 is 2.78 bits per heavy atom. The maximum absolute atomic E-state index is 12.1. The molecule has 27 heavy (non-hydrogen) atoms. The van der Waals surface area contributed by atoms with Crippen molar-refractivity contribution >= 4 is 11.8 Å². The minimum Gasteiger partial charge on any atom is -0.458 e. The first kappa shape index (κ1) is 16.6. The largest absolute Gasteiger partial charge is 0.458 e. The number of fused-ring (bicyclic) bond motifs is 9. The van der Waals surface area contributed by atoms with Crippen molar-refractivity contribution in [2.75, 3.05) is 0 Å². The summed E-state index contributed by atoms with van der Waals surface area (Å²) in [4.78, 5) is 24.2. The van der Waals surface area contributed by atoms with Crippen LogP contribution in [0.5, 0.6) is 0 Å². The van der Waals surface area contributed by atoms with Crippen molar-refractivity contribution in [3.05, 3.63) is 24.3 Å². The monoisotopic (exact) mass is 366 g/mol. The van der Waals surface area contributed by atoms with Crippen LogP contribution in [0.25, 0.3) is 0 Å². The Hall–Kier alpha value is -1.38. The van der Waals surface area contributed by atoms with Gasteiger partial charge in [0.2, 0.25) is 0 Å². The molecule has 9 atom stereocenters. The van der Waals surface area contributed by atoms with Crippen LogP contribution in [0.4, 0.5) is 0 Å². The zero-order valence-electron chi connectivity index (χ0n) is 16.3. The highest BCUT2D eigenvalue weighted by molar-refractivity contribution is 5.82. The van der Waals surface area contributed by atoms with E-state index in [2.05, 4.69) is 25.7 Å². The first-order chi connectivity index (χ1) is 13.0. The molecule has 1 heterocycles. The lowest BCUT2D eigenvalue weighted by Gasteiger charge is -2.58. The Bertz CT molecular complexity index is 780. The fourth-order valence-electron chi connectivity index (χ4n) is 8.79. The van der Waals surface area contributed by atoms with E-state index in [1.165, 1.54) is 24.8 Å². The highest BCUT2D eigenvalue weighted by Gasteiger charge is 2.78. The quantitative estimate of drug-likeness (QED) is 0.508. The number of carbonyl (C=O) groups is 2. The van der Waals surface area contributed by atoms with Gasteiger partial charge in [-0.05, 0) is 67.6 Å². The zero-order chi connectivity index (χ0) is 18.6. The summed E-state index contributed by atoms with van der Waals surface area (Å²) in [5, 5.41) is 0. The predicted octanol–water partition coefficient (Wildman–Crippen LogP) is 4.47. The molecule has 144 valence electrons. The molecule has 1 saturated heterocycles. The van der Waals surface area contributed by atoms with Crippen molar-refractivity contribution in [2.45, 2.75) is 63.9 Å². The van der Waals surface area contributed by atoms with Gasteiger partial charge in [0.1, 0.15) is 11.4 Å². The van der Waals surface area contributed by atoms with Crippen LogP contribution in [-0.2, 0) is 14.3 Å². The SMILES string of the molecule is C=CC1C=C2CC(=O)CC[C@@H]2C2CC[C@@]3(C)C(C4CC4[C@@]34CCC(=O)O4)C12. The number of ether oxygens (including phenoxy) is 1. The van der Waals surface area contributed by atoms with Crippen molar-refractivity contribution < 1.29 is 14.3 Å². The molecule has 1 aliphatic heterocycles. The molecule has 0 aromatic carbocycles. The topological polar surface area (TPSA) is 43.4 Å². The zero-order valence-corrected chi connectivity index (χ0v) is 16.3. The van der Waals surface area contributed by atoms with Crippen LogP contribution in [0.3, 0.4) is 0 Å². The van der Waals surface area contributed by atoms with Gasteiger partial charge in [-0.3, -0.25) is 9.59 Å². The van der Waals surface area contributed by atoms with Gasteiger partial charge in [0, 0.05) is 30.6 Å². The number of ketones is 1. The number of hydrogen-bond donors (Lipinski definition) is 0. The van der Waals surface area contributed by atoms with Crippen molar-refractivity contribution in [3.8, 4) is 0 Å². The summed E-state index contributed by atoms with van der Waals surface area (Å²) in [6.07, 6.45) is 12.3. The molecular weight excluding hydrogens is 336 g/mol. The lowest BCUT2D eigenvalue weighted by atomic mass is 9.47. The van der Waals surface area contributed by atoms with Crippen LogP contribution in [0, 0.1) is 46.8 Å². The standard InChI is InChI=1S/C24H30O3/c1-3-13-10-14-11-15(25)4-5-16(14)17-6-8-23(2)22(21(13)17)18-12-19(18)24(23)9-7-20(26)27-24/h3,10,13,16-19,21-22H,1,4-9,11-12H2,2H3/t13?,16-,17?,18?,19?,21?,22?,23-,24-/m0/s1. The maximum atomic E-state index is 12.1. The summed E-state index contributed by atoms with van der Waals surface area (Å²) >= 11 is 0. The fraction of sp³-hybridized carbons (Fsp3) is 0.750. The molecule has 3 heteroatoms. The lowest BCUT2D eigenvalue weighted by Crippen LogP contribution is -2.56. The van der Waals surface area contributed by atoms with E-state index in [0.29, 0.717) is 54.1 Å². The number of carbonyl (C=O) groups excluding carboxylic acids is 2. The van der Waals surface area contributed by atoms with E-state index in [1.54, 1.807) is 0 Å². The second-order valence-electron chi connectivity index (χ2n) is 10.5. The minimum atomic E-state index is -0.178. The van der Waals surface area contributed by atoms with Crippen molar-refractivity contribution in [1.29, 1.82) is 0 Å². The summed E-state index contributed by atoms with van der Waals surface area (Å²) in [6, 6.07) is 0. The first-order valence-corrected chi connectivity index (χ1v) is 11.1. The van der Waals surface area contributed by atoms with Gasteiger partial charge in [0.15, 0.2) is 0 Å². The van der Waals surface area contributed by atoms with Gasteiger partial charge in [0.05, 0.1) is 0 Å². The average Bonchev–Trinajstić information content (AvgIpc) is 3.29. The van der Waals surface area contributed by atoms with E-state index in [4.69, 9.17) is 4.74 Å². The maximum Gasteiger partial charge on any atom is 0.306 e. The van der Waals surface area contributed by atoms with Crippen LogP contribution < -0.4 is 0 Å². The number of hydrogen-bond acceptors (Lipinski definition) is 3. The smallest absolute Gasteiger partial charge is 0.306 e. The molecule has 0 N–H and O–H groups in total. The molecule has 0 aromatic heterocycles. The van der Waals surface area contributed by atoms with Crippen LogP contribution in [0.2, 0.25) is 0 Å². The Labute approximate surface area is 161 Å². The van der Waals surface area contributed by atoms with Crippen molar-refractivity contribution in [2.24, 2.45) is 46.8 Å². The van der Waals surface area contributed by atoms with Gasteiger partial charge >= 0.3 is 5.97 Å². The summed E-state index contributed by atoms with van der Waals surface area (Å²) in [5.41, 5.74) is 1.36. The predicted molar refractivity (Wildman–Crippen MR) is 102 cm³/mol. The Morgan fingerprint density at radius 1 is 1.19 bits per heavy atom. The summed E-state index contributed by atoms with van der Waals surface area (Å²) in [7, 11) is 0. The minimum absolute atomic E-state index is 0.0292. The van der Waals surface area contributed by atoms with E-state index in [1.807, 2.05) is 0 Å². The number of esters is 1. The highest BCUT2D eigenvalue weighted by atomic mass is 16.6. The van der Waals surface area contributed by atoms with Crippen LogP contribution in [0.15, 0.2) is 24.3 Å². The Morgan fingerprint density at radius 2 is 2.04 bits per heavy atom.